The molecule has 2 aliphatic heterocycles. The first-order valence-electron chi connectivity index (χ1n) is 9.33. The third-order valence-electron chi connectivity index (χ3n) is 4.50. The molecule has 2 aromatic carbocycles. The predicted octanol–water partition coefficient (Wildman–Crippen LogP) is 6.78. The van der Waals surface area contributed by atoms with Gasteiger partial charge in [-0.25, -0.2) is 0 Å². The maximum atomic E-state index is 5.61. The van der Waals surface area contributed by atoms with E-state index in [-0.39, 0.29) is 14.9 Å². The summed E-state index contributed by atoms with van der Waals surface area (Å²) < 4.78 is 21.7. The summed E-state index contributed by atoms with van der Waals surface area (Å²) >= 11 is 0. The fourth-order valence-corrected chi connectivity index (χ4v) is 2.81. The number of ether oxygens (including phenoxy) is 4. The van der Waals surface area contributed by atoms with Gasteiger partial charge in [-0.1, -0.05) is 54.7 Å². The van der Waals surface area contributed by atoms with Crippen molar-refractivity contribution in [1.29, 1.82) is 0 Å². The molecular formula is C24H36O4. The smallest absolute Gasteiger partial charge is 0.231 e. The molecule has 0 fully saturated rings. The second kappa shape index (κ2) is 10.8. The molecule has 4 nitrogen and oxygen atoms in total. The zero-order valence-corrected chi connectivity index (χ0v) is 16.1. The van der Waals surface area contributed by atoms with Crippen molar-refractivity contribution in [3.05, 3.63) is 47.5 Å². The Kier molecular flexibility index (Phi) is 9.17. The lowest BCUT2D eigenvalue weighted by Gasteiger charge is -2.10. The van der Waals surface area contributed by atoms with Gasteiger partial charge in [-0.2, -0.15) is 0 Å². The average molecular weight is 389 g/mol. The second-order valence-corrected chi connectivity index (χ2v) is 7.18. The van der Waals surface area contributed by atoms with Gasteiger partial charge >= 0.3 is 0 Å². The molecule has 4 heteroatoms. The van der Waals surface area contributed by atoms with Crippen molar-refractivity contribution < 1.29 is 18.9 Å². The summed E-state index contributed by atoms with van der Waals surface area (Å²) in [7, 11) is 0. The fourth-order valence-electron chi connectivity index (χ4n) is 2.81. The molecular weight excluding hydrogens is 352 g/mol. The van der Waals surface area contributed by atoms with E-state index in [1.165, 1.54) is 11.1 Å². The highest BCUT2D eigenvalue weighted by molar-refractivity contribution is 5.45. The first-order chi connectivity index (χ1) is 12.5. The van der Waals surface area contributed by atoms with E-state index in [2.05, 4.69) is 45.9 Å². The van der Waals surface area contributed by atoms with Crippen LogP contribution in [0.25, 0.3) is 0 Å². The molecule has 0 bridgehead atoms. The van der Waals surface area contributed by atoms with Crippen molar-refractivity contribution in [2.45, 2.75) is 60.8 Å². The van der Waals surface area contributed by atoms with Crippen molar-refractivity contribution in [2.24, 2.45) is 0 Å². The van der Waals surface area contributed by atoms with Crippen LogP contribution in [0.5, 0.6) is 23.0 Å². The van der Waals surface area contributed by atoms with E-state index >= 15 is 0 Å². The molecule has 0 unspecified atom stereocenters. The van der Waals surface area contributed by atoms with Crippen LogP contribution in [0.15, 0.2) is 36.4 Å². The van der Waals surface area contributed by atoms with E-state index in [1.54, 1.807) is 0 Å². The molecule has 4 rings (SSSR count). The lowest BCUT2D eigenvalue weighted by atomic mass is 10.0. The van der Waals surface area contributed by atoms with Gasteiger partial charge in [-0.3, -0.25) is 0 Å². The monoisotopic (exact) mass is 388 g/mol. The van der Waals surface area contributed by atoms with Crippen LogP contribution in [0, 0.1) is 0 Å². The van der Waals surface area contributed by atoms with E-state index in [4.69, 9.17) is 18.9 Å². The Morgan fingerprint density at radius 3 is 1.57 bits per heavy atom. The molecule has 2 aromatic rings. The van der Waals surface area contributed by atoms with Crippen molar-refractivity contribution in [2.75, 3.05) is 20.0 Å². The van der Waals surface area contributed by atoms with Gasteiger partial charge in [-0.15, -0.1) is 0 Å². The molecule has 2 aliphatic rings. The summed E-state index contributed by atoms with van der Waals surface area (Å²) in [5.41, 5.74) is 2.59. The summed E-state index contributed by atoms with van der Waals surface area (Å²) in [5.74, 6) is 4.59. The molecule has 0 radical (unpaired) electrons. The van der Waals surface area contributed by atoms with E-state index in [1.807, 2.05) is 18.2 Å². The topological polar surface area (TPSA) is 36.9 Å². The Bertz CT molecular complexity index is 737. The van der Waals surface area contributed by atoms with Crippen LogP contribution in [-0.2, 0) is 0 Å². The highest BCUT2D eigenvalue weighted by Crippen LogP contribution is 2.34. The van der Waals surface area contributed by atoms with Crippen LogP contribution >= 0.6 is 0 Å². The standard InChI is InChI=1S/C12H16O2.C10H12O2.2CH4/c1-9(2)10-4-5-11-12(8-10)14-7-3-6-13-11;1-7(2)8-3-4-9-10(5-8)12-6-11-9;;/h4-5,8-9H,3,6-7H2,1-2H3;3-5,7H,6H2,1-2H3;2*1H4. The predicted molar refractivity (Wildman–Crippen MR) is 116 cm³/mol. The summed E-state index contributed by atoms with van der Waals surface area (Å²) in [6.07, 6.45) is 0.964. The maximum absolute atomic E-state index is 5.61. The van der Waals surface area contributed by atoms with Crippen LogP contribution in [0.3, 0.4) is 0 Å². The van der Waals surface area contributed by atoms with Gasteiger partial charge in [0, 0.05) is 6.42 Å². The van der Waals surface area contributed by atoms with Crippen molar-refractivity contribution >= 4 is 0 Å². The van der Waals surface area contributed by atoms with Crippen LogP contribution in [0.1, 0.15) is 71.9 Å². The zero-order valence-electron chi connectivity index (χ0n) is 16.1. The Balaban J connectivity index is 0.000000264. The molecule has 0 atom stereocenters. The minimum Gasteiger partial charge on any atom is -0.490 e. The number of hydrogen-bond donors (Lipinski definition) is 0. The van der Waals surface area contributed by atoms with Gasteiger partial charge < -0.3 is 18.9 Å². The van der Waals surface area contributed by atoms with Gasteiger partial charge in [0.25, 0.3) is 0 Å². The van der Waals surface area contributed by atoms with E-state index in [9.17, 15) is 0 Å². The maximum Gasteiger partial charge on any atom is 0.231 e. The molecule has 2 heterocycles. The van der Waals surface area contributed by atoms with Crippen LogP contribution < -0.4 is 18.9 Å². The molecule has 156 valence electrons. The van der Waals surface area contributed by atoms with Crippen molar-refractivity contribution in [1.82, 2.24) is 0 Å². The largest absolute Gasteiger partial charge is 0.490 e. The summed E-state index contributed by atoms with van der Waals surface area (Å²) in [4.78, 5) is 0. The Hall–Kier alpha value is -2.36. The van der Waals surface area contributed by atoms with Gasteiger partial charge in [0.05, 0.1) is 13.2 Å². The normalized spacial score (nSPS) is 13.6. The molecule has 0 spiro atoms. The first-order valence-corrected chi connectivity index (χ1v) is 9.33. The SMILES string of the molecule is C.C.CC(C)c1ccc2c(c1)OCCCO2.CC(C)c1ccc2c(c1)OCO2. The van der Waals surface area contributed by atoms with E-state index in [0.29, 0.717) is 18.6 Å². The zero-order chi connectivity index (χ0) is 18.5. The van der Waals surface area contributed by atoms with Crippen molar-refractivity contribution in [3.8, 4) is 23.0 Å². The Morgan fingerprint density at radius 2 is 1.04 bits per heavy atom. The summed E-state index contributed by atoms with van der Waals surface area (Å²) in [5, 5.41) is 0. The van der Waals surface area contributed by atoms with Gasteiger partial charge in [-0.05, 0) is 47.2 Å². The minimum absolute atomic E-state index is 0. The van der Waals surface area contributed by atoms with Crippen LogP contribution in [-0.4, -0.2) is 20.0 Å². The second-order valence-electron chi connectivity index (χ2n) is 7.18. The molecule has 0 N–H and O–H groups in total. The molecule has 0 saturated carbocycles. The third-order valence-corrected chi connectivity index (χ3v) is 4.50. The molecule has 0 aliphatic carbocycles. The molecule has 0 amide bonds. The fraction of sp³-hybridized carbons (Fsp3) is 0.500. The minimum atomic E-state index is 0. The van der Waals surface area contributed by atoms with E-state index < -0.39 is 0 Å². The third kappa shape index (κ3) is 5.82. The Morgan fingerprint density at radius 1 is 0.607 bits per heavy atom. The van der Waals surface area contributed by atoms with Gasteiger partial charge in [0.1, 0.15) is 0 Å². The highest BCUT2D eigenvalue weighted by Gasteiger charge is 2.14. The lowest BCUT2D eigenvalue weighted by molar-refractivity contribution is 0.174. The van der Waals surface area contributed by atoms with Gasteiger partial charge in [0.15, 0.2) is 23.0 Å². The summed E-state index contributed by atoms with van der Waals surface area (Å²) in [6.45, 7) is 10.6. The number of benzene rings is 2. The summed E-state index contributed by atoms with van der Waals surface area (Å²) in [6, 6.07) is 12.3. The van der Waals surface area contributed by atoms with Crippen LogP contribution in [0.2, 0.25) is 0 Å². The first kappa shape index (κ1) is 23.7. The number of hydrogen-bond acceptors (Lipinski definition) is 4. The average Bonchev–Trinajstić information content (AvgIpc) is 2.97. The number of fused-ring (bicyclic) bond motifs is 2. The molecule has 0 aromatic heterocycles. The lowest BCUT2D eigenvalue weighted by Crippen LogP contribution is -1.97. The highest BCUT2D eigenvalue weighted by atomic mass is 16.7. The number of rotatable bonds is 2. The quantitative estimate of drug-likeness (QED) is 0.568. The Labute approximate surface area is 170 Å². The van der Waals surface area contributed by atoms with E-state index in [0.717, 1.165) is 42.6 Å². The molecule has 28 heavy (non-hydrogen) atoms. The van der Waals surface area contributed by atoms with Crippen molar-refractivity contribution in [3.63, 3.8) is 0 Å². The molecule has 0 saturated heterocycles. The van der Waals surface area contributed by atoms with Gasteiger partial charge in [0.2, 0.25) is 6.79 Å². The van der Waals surface area contributed by atoms with Crippen LogP contribution in [0.4, 0.5) is 0 Å².